The maximum atomic E-state index is 2.52. The van der Waals surface area contributed by atoms with Crippen LogP contribution in [0, 0.1) is 0 Å². The van der Waals surface area contributed by atoms with Crippen molar-refractivity contribution in [1.82, 2.24) is 0 Å². The summed E-state index contributed by atoms with van der Waals surface area (Å²) in [5.41, 5.74) is 3.23. The zero-order valence-electron chi connectivity index (χ0n) is 5.37. The Morgan fingerprint density at radius 2 is 2.12 bits per heavy atom. The molecule has 0 aromatic carbocycles. The molecule has 0 amide bonds. The number of hydrogen-bond acceptors (Lipinski definition) is 0. The number of hydrogen-bond donors (Lipinski definition) is 0. The minimum atomic E-state index is 0.840. The molecule has 1 heteroatoms. The summed E-state index contributed by atoms with van der Waals surface area (Å²) in [7, 11) is 0. The second kappa shape index (κ2) is 2.38. The first-order valence-electron chi connectivity index (χ1n) is 3.02. The van der Waals surface area contributed by atoms with E-state index in [-0.39, 0.29) is 0 Å². The predicted molar refractivity (Wildman–Crippen MR) is 45.4 cm³/mol. The maximum Gasteiger partial charge on any atom is 0.0321 e. The second-order valence-corrected chi connectivity index (χ2v) is 3.97. The van der Waals surface area contributed by atoms with Gasteiger partial charge in [0.15, 0.2) is 0 Å². The van der Waals surface area contributed by atoms with Crippen LogP contribution in [0.3, 0.4) is 0 Å². The lowest BCUT2D eigenvalue weighted by molar-refractivity contribution is 0.928. The van der Waals surface area contributed by atoms with Crippen LogP contribution >= 0.6 is 22.6 Å². The zero-order chi connectivity index (χ0) is 6.15. The molecule has 0 unspecified atom stereocenters. The van der Waals surface area contributed by atoms with E-state index in [1.54, 1.807) is 11.1 Å². The van der Waals surface area contributed by atoms with Crippen LogP contribution in [-0.4, -0.2) is 3.92 Å². The minimum Gasteiger partial charge on any atom is -0.0778 e. The fourth-order valence-corrected chi connectivity index (χ4v) is 1.87. The van der Waals surface area contributed by atoms with Crippen LogP contribution in [0.1, 0.15) is 26.7 Å². The van der Waals surface area contributed by atoms with E-state index in [0.717, 1.165) is 3.92 Å². The average molecular weight is 222 g/mol. The molecule has 0 nitrogen and oxygen atoms in total. The van der Waals surface area contributed by atoms with Crippen molar-refractivity contribution in [3.05, 3.63) is 11.1 Å². The molecule has 1 atom stereocenters. The Morgan fingerprint density at radius 1 is 1.50 bits per heavy atom. The van der Waals surface area contributed by atoms with Crippen molar-refractivity contribution < 1.29 is 0 Å². The third kappa shape index (κ3) is 1.07. The average Bonchev–Trinajstić information content (AvgIpc) is 1.98. The van der Waals surface area contributed by atoms with Gasteiger partial charge in [-0.25, -0.2) is 0 Å². The van der Waals surface area contributed by atoms with E-state index in [0.29, 0.717) is 0 Å². The van der Waals surface area contributed by atoms with Gasteiger partial charge in [-0.1, -0.05) is 33.7 Å². The standard InChI is InChI=1S/C7H11I/c1-5-3-4-7(8)6(5)2/h7H,3-4H2,1-2H3/t7-/m0/s1. The summed E-state index contributed by atoms with van der Waals surface area (Å²) < 4.78 is 0.840. The Bertz CT molecular complexity index is 124. The first-order valence-corrected chi connectivity index (χ1v) is 4.26. The lowest BCUT2D eigenvalue weighted by Crippen LogP contribution is -1.89. The van der Waals surface area contributed by atoms with Crippen molar-refractivity contribution in [1.29, 1.82) is 0 Å². The Balaban J connectivity index is 2.71. The highest BCUT2D eigenvalue weighted by molar-refractivity contribution is 14.1. The van der Waals surface area contributed by atoms with Gasteiger partial charge >= 0.3 is 0 Å². The molecule has 0 aromatic heterocycles. The molecule has 0 heterocycles. The highest BCUT2D eigenvalue weighted by Gasteiger charge is 2.15. The molecule has 0 aliphatic heterocycles. The number of allylic oxidation sites excluding steroid dienone is 2. The Morgan fingerprint density at radius 3 is 2.25 bits per heavy atom. The van der Waals surface area contributed by atoms with Crippen molar-refractivity contribution >= 4 is 22.6 Å². The fourth-order valence-electron chi connectivity index (χ4n) is 1.02. The largest absolute Gasteiger partial charge is 0.0778 e. The lowest BCUT2D eigenvalue weighted by Gasteiger charge is -1.97. The van der Waals surface area contributed by atoms with Crippen LogP contribution in [-0.2, 0) is 0 Å². The Kier molecular flexibility index (Phi) is 1.96. The molecule has 0 N–H and O–H groups in total. The molecule has 0 saturated heterocycles. The molecule has 0 fully saturated rings. The highest BCUT2D eigenvalue weighted by atomic mass is 127. The molecule has 0 bridgehead atoms. The normalized spacial score (nSPS) is 29.6. The van der Waals surface area contributed by atoms with E-state index >= 15 is 0 Å². The molecule has 0 radical (unpaired) electrons. The molecule has 1 aliphatic carbocycles. The minimum absolute atomic E-state index is 0.840. The van der Waals surface area contributed by atoms with E-state index in [1.165, 1.54) is 12.8 Å². The first kappa shape index (κ1) is 6.59. The van der Waals surface area contributed by atoms with Gasteiger partial charge in [-0.3, -0.25) is 0 Å². The van der Waals surface area contributed by atoms with Gasteiger partial charge < -0.3 is 0 Å². The van der Waals surface area contributed by atoms with Crippen LogP contribution < -0.4 is 0 Å². The number of halogens is 1. The van der Waals surface area contributed by atoms with Crippen LogP contribution in [0.25, 0.3) is 0 Å². The molecule has 8 heavy (non-hydrogen) atoms. The summed E-state index contributed by atoms with van der Waals surface area (Å²) >= 11 is 2.52. The summed E-state index contributed by atoms with van der Waals surface area (Å²) in [6, 6.07) is 0. The summed E-state index contributed by atoms with van der Waals surface area (Å²) in [6.45, 7) is 4.49. The van der Waals surface area contributed by atoms with Crippen LogP contribution in [0.2, 0.25) is 0 Å². The quantitative estimate of drug-likeness (QED) is 0.336. The Labute approximate surface area is 64.5 Å². The summed E-state index contributed by atoms with van der Waals surface area (Å²) in [5, 5.41) is 0. The Hall–Kier alpha value is 0.470. The first-order chi connectivity index (χ1) is 3.72. The van der Waals surface area contributed by atoms with E-state index in [1.807, 2.05) is 0 Å². The van der Waals surface area contributed by atoms with E-state index < -0.39 is 0 Å². The van der Waals surface area contributed by atoms with Crippen LogP contribution in [0.5, 0.6) is 0 Å². The third-order valence-electron chi connectivity index (χ3n) is 1.92. The summed E-state index contributed by atoms with van der Waals surface area (Å²) in [4.78, 5) is 0. The monoisotopic (exact) mass is 222 g/mol. The second-order valence-electron chi connectivity index (χ2n) is 2.47. The van der Waals surface area contributed by atoms with E-state index in [4.69, 9.17) is 0 Å². The molecular weight excluding hydrogens is 211 g/mol. The van der Waals surface area contributed by atoms with Crippen molar-refractivity contribution in [2.75, 3.05) is 0 Å². The van der Waals surface area contributed by atoms with Crippen molar-refractivity contribution in [2.24, 2.45) is 0 Å². The molecule has 0 spiro atoms. The van der Waals surface area contributed by atoms with Gasteiger partial charge in [-0.05, 0) is 26.7 Å². The fraction of sp³-hybridized carbons (Fsp3) is 0.714. The van der Waals surface area contributed by atoms with Crippen molar-refractivity contribution in [3.8, 4) is 0 Å². The van der Waals surface area contributed by atoms with Gasteiger partial charge in [0.05, 0.1) is 0 Å². The van der Waals surface area contributed by atoms with Crippen LogP contribution in [0.15, 0.2) is 11.1 Å². The van der Waals surface area contributed by atoms with Gasteiger partial charge in [0.25, 0.3) is 0 Å². The SMILES string of the molecule is CC1=C(C)[C@@H](I)CC1. The lowest BCUT2D eigenvalue weighted by atomic mass is 10.2. The number of alkyl halides is 1. The van der Waals surface area contributed by atoms with Gasteiger partial charge in [0, 0.05) is 3.92 Å². The molecular formula is C7H11I. The molecule has 0 saturated carbocycles. The van der Waals surface area contributed by atoms with Crippen molar-refractivity contribution in [2.45, 2.75) is 30.6 Å². The third-order valence-corrected chi connectivity index (χ3v) is 3.47. The summed E-state index contributed by atoms with van der Waals surface area (Å²) in [6.07, 6.45) is 2.71. The molecule has 1 aliphatic rings. The van der Waals surface area contributed by atoms with Gasteiger partial charge in [-0.2, -0.15) is 0 Å². The maximum absolute atomic E-state index is 2.52. The number of rotatable bonds is 0. The molecule has 1 rings (SSSR count). The highest BCUT2D eigenvalue weighted by Crippen LogP contribution is 2.30. The van der Waals surface area contributed by atoms with E-state index in [9.17, 15) is 0 Å². The van der Waals surface area contributed by atoms with Gasteiger partial charge in [-0.15, -0.1) is 0 Å². The van der Waals surface area contributed by atoms with Gasteiger partial charge in [0.1, 0.15) is 0 Å². The van der Waals surface area contributed by atoms with Crippen molar-refractivity contribution in [3.63, 3.8) is 0 Å². The van der Waals surface area contributed by atoms with Gasteiger partial charge in [0.2, 0.25) is 0 Å². The summed E-state index contributed by atoms with van der Waals surface area (Å²) in [5.74, 6) is 0. The predicted octanol–water partition coefficient (Wildman–Crippen LogP) is 2.92. The smallest absolute Gasteiger partial charge is 0.0321 e. The topological polar surface area (TPSA) is 0 Å². The van der Waals surface area contributed by atoms with E-state index in [2.05, 4.69) is 36.4 Å². The zero-order valence-corrected chi connectivity index (χ0v) is 7.53. The molecule has 0 aromatic rings. The van der Waals surface area contributed by atoms with Crippen LogP contribution in [0.4, 0.5) is 0 Å². The molecule has 46 valence electrons.